The Bertz CT molecular complexity index is 3400. The minimum absolute atomic E-state index is 0.634. The molecule has 4 aromatic heterocycles. The highest BCUT2D eigenvalue weighted by Crippen LogP contribution is 2.46. The first kappa shape index (κ1) is 31.9. The van der Waals surface area contributed by atoms with Crippen LogP contribution in [0.2, 0.25) is 0 Å². The molecule has 0 atom stereocenters. The second kappa shape index (κ2) is 12.6. The predicted molar refractivity (Wildman–Crippen MR) is 238 cm³/mol. The lowest BCUT2D eigenvalue weighted by molar-refractivity contribution is 1.07. The van der Waals surface area contributed by atoms with Gasteiger partial charge in [-0.1, -0.05) is 140 Å². The van der Waals surface area contributed by atoms with Crippen LogP contribution in [0.1, 0.15) is 0 Å². The molecule has 0 saturated heterocycles. The van der Waals surface area contributed by atoms with Crippen molar-refractivity contribution in [2.45, 2.75) is 0 Å². The first-order chi connectivity index (χ1) is 28.3. The largest absolute Gasteiger partial charge is 0.309 e. The van der Waals surface area contributed by atoms with Gasteiger partial charge in [-0.3, -0.25) is 0 Å². The van der Waals surface area contributed by atoms with Gasteiger partial charge < -0.3 is 9.13 Å². The molecule has 0 radical (unpaired) electrons. The molecule has 0 spiro atoms. The molecule has 0 aliphatic rings. The zero-order valence-electron chi connectivity index (χ0n) is 30.5. The van der Waals surface area contributed by atoms with E-state index in [9.17, 15) is 0 Å². The summed E-state index contributed by atoms with van der Waals surface area (Å²) in [6.07, 6.45) is 0. The van der Waals surface area contributed by atoms with Crippen molar-refractivity contribution in [3.63, 3.8) is 0 Å². The average molecular weight is 746 g/mol. The van der Waals surface area contributed by atoms with Gasteiger partial charge in [-0.25, -0.2) is 15.0 Å². The second-order valence-corrected chi connectivity index (χ2v) is 15.5. The van der Waals surface area contributed by atoms with E-state index >= 15 is 0 Å². The highest BCUT2D eigenvalue weighted by Gasteiger charge is 2.23. The van der Waals surface area contributed by atoms with Gasteiger partial charge in [-0.2, -0.15) is 0 Å². The lowest BCUT2D eigenvalue weighted by atomic mass is 10.1. The summed E-state index contributed by atoms with van der Waals surface area (Å²) < 4.78 is 7.42. The van der Waals surface area contributed by atoms with Crippen LogP contribution >= 0.6 is 11.3 Å². The van der Waals surface area contributed by atoms with E-state index in [2.05, 4.69) is 137 Å². The van der Waals surface area contributed by atoms with Crippen molar-refractivity contribution in [1.29, 1.82) is 0 Å². The Morgan fingerprint density at radius 3 is 1.53 bits per heavy atom. The maximum absolute atomic E-state index is 5.10. The van der Waals surface area contributed by atoms with E-state index in [0.717, 1.165) is 27.9 Å². The van der Waals surface area contributed by atoms with Crippen molar-refractivity contribution < 1.29 is 0 Å². The molecular formula is C51H31N5S. The van der Waals surface area contributed by atoms with Crippen molar-refractivity contribution in [2.75, 3.05) is 0 Å². The van der Waals surface area contributed by atoms with Gasteiger partial charge >= 0.3 is 0 Å². The van der Waals surface area contributed by atoms with E-state index in [1.807, 2.05) is 72.0 Å². The van der Waals surface area contributed by atoms with Crippen LogP contribution in [0.25, 0.3) is 109 Å². The van der Waals surface area contributed by atoms with Crippen molar-refractivity contribution in [3.8, 4) is 45.5 Å². The lowest BCUT2D eigenvalue weighted by Crippen LogP contribution is -2.00. The summed E-state index contributed by atoms with van der Waals surface area (Å²) in [5.74, 6) is 1.92. The molecule has 0 fully saturated rings. The van der Waals surface area contributed by atoms with Gasteiger partial charge in [0.05, 0.1) is 27.8 Å². The fraction of sp³-hybridized carbons (Fsp3) is 0. The molecule has 266 valence electrons. The van der Waals surface area contributed by atoms with Crippen LogP contribution in [0.4, 0.5) is 0 Å². The Morgan fingerprint density at radius 1 is 0.351 bits per heavy atom. The van der Waals surface area contributed by atoms with E-state index < -0.39 is 0 Å². The van der Waals surface area contributed by atoms with Crippen molar-refractivity contribution in [3.05, 3.63) is 188 Å². The number of benzene rings is 8. The Morgan fingerprint density at radius 2 is 0.877 bits per heavy atom. The Kier molecular flexibility index (Phi) is 7.03. The van der Waals surface area contributed by atoms with Crippen molar-refractivity contribution in [1.82, 2.24) is 24.1 Å². The summed E-state index contributed by atoms with van der Waals surface area (Å²) in [5.41, 5.74) is 9.79. The van der Waals surface area contributed by atoms with Gasteiger partial charge in [0.25, 0.3) is 0 Å². The fourth-order valence-electron chi connectivity index (χ4n) is 8.68. The first-order valence-corrected chi connectivity index (χ1v) is 19.9. The molecule has 0 aliphatic carbocycles. The van der Waals surface area contributed by atoms with Crippen LogP contribution < -0.4 is 0 Å². The number of aromatic nitrogens is 5. The SMILES string of the molecule is c1ccc(-c2nc(-c3ccccc3)nc(-c3ccc4c5ccc6sc7cccc(-n8c9ccccc9c9ccccc98)c7c6c5n(-c5ccccc5)c4c3)n2)cc1. The predicted octanol–water partition coefficient (Wildman–Crippen LogP) is 13.4. The third-order valence-electron chi connectivity index (χ3n) is 11.2. The highest BCUT2D eigenvalue weighted by atomic mass is 32.1. The van der Waals surface area contributed by atoms with Crippen molar-refractivity contribution >= 4 is 75.1 Å². The maximum Gasteiger partial charge on any atom is 0.164 e. The van der Waals surface area contributed by atoms with Crippen LogP contribution in [-0.2, 0) is 0 Å². The molecule has 0 unspecified atom stereocenters. The molecule has 0 N–H and O–H groups in total. The summed E-state index contributed by atoms with van der Waals surface area (Å²) in [6.45, 7) is 0. The number of para-hydroxylation sites is 3. The zero-order valence-corrected chi connectivity index (χ0v) is 31.4. The van der Waals surface area contributed by atoms with Gasteiger partial charge in [0.1, 0.15) is 0 Å². The third kappa shape index (κ3) is 4.91. The molecule has 8 aromatic carbocycles. The third-order valence-corrected chi connectivity index (χ3v) is 12.3. The van der Waals surface area contributed by atoms with Crippen molar-refractivity contribution in [2.24, 2.45) is 0 Å². The van der Waals surface area contributed by atoms with E-state index in [4.69, 9.17) is 15.0 Å². The number of rotatable bonds is 5. The van der Waals surface area contributed by atoms with Gasteiger partial charge in [0.15, 0.2) is 17.5 Å². The molecular weight excluding hydrogens is 715 g/mol. The molecule has 0 bridgehead atoms. The molecule has 4 heterocycles. The van der Waals surface area contributed by atoms with Gasteiger partial charge in [-0.05, 0) is 48.5 Å². The summed E-state index contributed by atoms with van der Waals surface area (Å²) in [4.78, 5) is 15.2. The number of hydrogen-bond donors (Lipinski definition) is 0. The lowest BCUT2D eigenvalue weighted by Gasteiger charge is -2.12. The Balaban J connectivity index is 1.18. The minimum Gasteiger partial charge on any atom is -0.309 e. The number of hydrogen-bond acceptors (Lipinski definition) is 4. The topological polar surface area (TPSA) is 48.5 Å². The van der Waals surface area contributed by atoms with Gasteiger partial charge in [-0.15, -0.1) is 11.3 Å². The second-order valence-electron chi connectivity index (χ2n) is 14.4. The van der Waals surface area contributed by atoms with Crippen LogP contribution in [0.15, 0.2) is 188 Å². The smallest absolute Gasteiger partial charge is 0.164 e. The molecule has 0 saturated carbocycles. The van der Waals surface area contributed by atoms with Crippen LogP contribution in [0.3, 0.4) is 0 Å². The van der Waals surface area contributed by atoms with E-state index in [1.165, 1.54) is 64.0 Å². The number of fused-ring (bicyclic) bond motifs is 10. The van der Waals surface area contributed by atoms with E-state index in [1.54, 1.807) is 0 Å². The molecule has 12 aromatic rings. The molecule has 12 rings (SSSR count). The zero-order chi connectivity index (χ0) is 37.5. The molecule has 6 heteroatoms. The summed E-state index contributed by atoms with van der Waals surface area (Å²) in [7, 11) is 0. The van der Waals surface area contributed by atoms with Crippen LogP contribution in [0, 0.1) is 0 Å². The van der Waals surface area contributed by atoms with Crippen LogP contribution in [0.5, 0.6) is 0 Å². The quantitative estimate of drug-likeness (QED) is 0.176. The van der Waals surface area contributed by atoms with Crippen LogP contribution in [-0.4, -0.2) is 24.1 Å². The number of nitrogens with zero attached hydrogens (tertiary/aromatic N) is 5. The molecule has 0 amide bonds. The maximum atomic E-state index is 5.10. The Labute approximate surface area is 331 Å². The van der Waals surface area contributed by atoms with Gasteiger partial charge in [0.2, 0.25) is 0 Å². The normalized spacial score (nSPS) is 11.9. The highest BCUT2D eigenvalue weighted by molar-refractivity contribution is 7.26. The summed E-state index contributed by atoms with van der Waals surface area (Å²) in [6, 6.07) is 66.6. The van der Waals surface area contributed by atoms with E-state index in [0.29, 0.717) is 17.5 Å². The molecule has 5 nitrogen and oxygen atoms in total. The average Bonchev–Trinajstić information content (AvgIpc) is 3.95. The Hall–Kier alpha value is -7.41. The summed E-state index contributed by atoms with van der Waals surface area (Å²) in [5, 5.41) is 7.40. The first-order valence-electron chi connectivity index (χ1n) is 19.1. The van der Waals surface area contributed by atoms with Gasteiger partial charge in [0, 0.05) is 64.1 Å². The molecule has 57 heavy (non-hydrogen) atoms. The minimum atomic E-state index is 0.634. The number of thiophene rings is 1. The monoisotopic (exact) mass is 745 g/mol. The summed E-state index contributed by atoms with van der Waals surface area (Å²) >= 11 is 1.86. The molecule has 0 aliphatic heterocycles. The fourth-order valence-corrected chi connectivity index (χ4v) is 9.81. The standard InChI is InChI=1S/C51H31N5S/c1-4-15-32(16-5-1)49-52-50(33-17-6-2-7-18-33)54-51(53-49)34-27-28-38-39-29-30-45-47(48(39)55(43(38)31-34)35-19-8-3-9-20-35)46-42(25-14-26-44(46)57-45)56-40-23-12-10-21-36(40)37-22-11-13-24-41(37)56/h1-31H. The van der Waals surface area contributed by atoms with E-state index in [-0.39, 0.29) is 0 Å².